The summed E-state index contributed by atoms with van der Waals surface area (Å²) < 4.78 is 0. The third-order valence-electron chi connectivity index (χ3n) is 1.51. The minimum atomic E-state index is -1.09. The summed E-state index contributed by atoms with van der Waals surface area (Å²) in [6, 6.07) is 0. The molecule has 0 bridgehead atoms. The number of carboxylic acid groups (broad SMARTS) is 2. The van der Waals surface area contributed by atoms with Crippen LogP contribution >= 0.6 is 0 Å². The van der Waals surface area contributed by atoms with Crippen LogP contribution in [0.3, 0.4) is 0 Å². The first-order valence-electron chi connectivity index (χ1n) is 4.05. The second-order valence-electron chi connectivity index (χ2n) is 2.52. The van der Waals surface area contributed by atoms with Crippen LogP contribution < -0.4 is 10.2 Å². The van der Waals surface area contributed by atoms with Gasteiger partial charge in [0.2, 0.25) is 0 Å². The monoisotopic (exact) mass is 318 g/mol. The molecule has 0 aromatic rings. The zero-order chi connectivity index (χ0) is 11.7. The normalized spacial score (nSPS) is 10.7. The van der Waals surface area contributed by atoms with E-state index < -0.39 is 11.9 Å². The second-order valence-corrected chi connectivity index (χ2v) is 2.52. The van der Waals surface area contributed by atoms with Crippen LogP contribution in [0.2, 0.25) is 0 Å². The van der Waals surface area contributed by atoms with Gasteiger partial charge in [0.1, 0.15) is 0 Å². The molecule has 0 heterocycles. The van der Waals surface area contributed by atoms with Crippen LogP contribution in [-0.2, 0) is 9.59 Å². The zero-order valence-corrected chi connectivity index (χ0v) is 12.1. The topological polar surface area (TPSA) is 80.3 Å². The molecule has 0 aromatic carbocycles. The van der Waals surface area contributed by atoms with Gasteiger partial charge < -0.3 is 19.8 Å². The van der Waals surface area contributed by atoms with E-state index in [0.29, 0.717) is 0 Å². The summed E-state index contributed by atoms with van der Waals surface area (Å²) in [5.41, 5.74) is 0.556. The van der Waals surface area contributed by atoms with Gasteiger partial charge in [-0.05, 0) is 38.8 Å². The first-order valence-corrected chi connectivity index (χ1v) is 4.05. The van der Waals surface area contributed by atoms with Crippen molar-refractivity contribution in [3.05, 3.63) is 23.3 Å². The zero-order valence-electron chi connectivity index (χ0n) is 9.29. The van der Waals surface area contributed by atoms with E-state index in [4.69, 9.17) is 0 Å². The van der Waals surface area contributed by atoms with Gasteiger partial charge in [-0.1, -0.05) is 12.2 Å². The van der Waals surface area contributed by atoms with Gasteiger partial charge >= 0.3 is 23.9 Å². The van der Waals surface area contributed by atoms with Crippen LogP contribution in [0.15, 0.2) is 23.3 Å². The molecular weight excluding hydrogens is 303 g/mol. The van der Waals surface area contributed by atoms with Crippen molar-refractivity contribution in [3.8, 4) is 0 Å². The Morgan fingerprint density at radius 2 is 1.07 bits per heavy atom. The van der Waals surface area contributed by atoms with E-state index in [1.807, 2.05) is 0 Å². The first-order chi connectivity index (χ1) is 6.36. The molecule has 0 fully saturated rings. The number of allylic oxidation sites excluding steroid dienone is 2. The van der Waals surface area contributed by atoms with Gasteiger partial charge in [0.05, 0.1) is 11.9 Å². The van der Waals surface area contributed by atoms with E-state index in [-0.39, 0.29) is 35.1 Å². The van der Waals surface area contributed by atoms with Crippen molar-refractivity contribution in [1.82, 2.24) is 0 Å². The summed E-state index contributed by atoms with van der Waals surface area (Å²) in [7, 11) is 0. The summed E-state index contributed by atoms with van der Waals surface area (Å²) >= 11 is 0. The molecule has 0 aliphatic heterocycles. The molecule has 0 aliphatic carbocycles. The minimum Gasteiger partial charge on any atom is -0.545 e. The first kappa shape index (κ1) is 19.7. The maximum absolute atomic E-state index is 9.75. The average molecular weight is 317 g/mol. The van der Waals surface area contributed by atoms with Crippen molar-refractivity contribution in [2.75, 3.05) is 0 Å². The standard InChI is InChI=1S/2C5H8O2.Sn/c2*1-3-4(2)5(6)7;/h2*3H,1-2H3,(H,6,7);/q;;+2/p-2/b2*4-3-;. The van der Waals surface area contributed by atoms with Crippen LogP contribution in [0.1, 0.15) is 27.7 Å². The number of carboxylic acids is 2. The molecule has 0 atom stereocenters. The van der Waals surface area contributed by atoms with Gasteiger partial charge in [-0.25, -0.2) is 0 Å². The van der Waals surface area contributed by atoms with Crippen molar-refractivity contribution < 1.29 is 19.8 Å². The second kappa shape index (κ2) is 11.3. The van der Waals surface area contributed by atoms with Crippen molar-refractivity contribution in [2.45, 2.75) is 27.7 Å². The number of hydrogen-bond donors (Lipinski definition) is 0. The smallest absolute Gasteiger partial charge is 0.545 e. The fourth-order valence-corrected chi connectivity index (χ4v) is 0.236. The Kier molecular flexibility index (Phi) is 14.9. The van der Waals surface area contributed by atoms with Crippen LogP contribution in [0.4, 0.5) is 0 Å². The van der Waals surface area contributed by atoms with Crippen molar-refractivity contribution >= 4 is 35.8 Å². The Morgan fingerprint density at radius 3 is 1.07 bits per heavy atom. The van der Waals surface area contributed by atoms with Crippen LogP contribution in [0, 0.1) is 0 Å². The summed E-state index contributed by atoms with van der Waals surface area (Å²) in [5.74, 6) is -2.19. The van der Waals surface area contributed by atoms with Crippen molar-refractivity contribution in [2.24, 2.45) is 0 Å². The van der Waals surface area contributed by atoms with E-state index in [1.54, 1.807) is 13.8 Å². The molecule has 5 heteroatoms. The molecule has 15 heavy (non-hydrogen) atoms. The SMILES string of the molecule is C/C=C(/C)C(=O)[O-].C/C=C(/C)C(=O)[O-].[Sn+2]. The van der Waals surface area contributed by atoms with Gasteiger partial charge in [-0.2, -0.15) is 0 Å². The summed E-state index contributed by atoms with van der Waals surface area (Å²) in [5, 5.41) is 19.5. The molecule has 0 aliphatic rings. The summed E-state index contributed by atoms with van der Waals surface area (Å²) in [6.07, 6.45) is 2.99. The third-order valence-corrected chi connectivity index (χ3v) is 1.51. The Morgan fingerprint density at radius 1 is 0.867 bits per heavy atom. The predicted molar refractivity (Wildman–Crippen MR) is 54.6 cm³/mol. The molecule has 0 saturated carbocycles. The Bertz CT molecular complexity index is 239. The van der Waals surface area contributed by atoms with Crippen molar-refractivity contribution in [3.63, 3.8) is 0 Å². The van der Waals surface area contributed by atoms with Gasteiger partial charge in [0.15, 0.2) is 0 Å². The Labute approximate surface area is 107 Å². The number of rotatable bonds is 2. The molecule has 0 amide bonds. The van der Waals surface area contributed by atoms with E-state index in [2.05, 4.69) is 0 Å². The fourth-order valence-electron chi connectivity index (χ4n) is 0.236. The van der Waals surface area contributed by atoms with E-state index in [0.717, 1.165) is 0 Å². The average Bonchev–Trinajstić information content (AvgIpc) is 2.15. The third kappa shape index (κ3) is 13.2. The molecule has 0 unspecified atom stereocenters. The molecule has 4 nitrogen and oxygen atoms in total. The molecule has 0 rings (SSSR count). The number of aliphatic carboxylic acids is 2. The molecule has 0 saturated heterocycles. The maximum atomic E-state index is 9.75. The molecular formula is C10H14O4Sn. The molecule has 0 aromatic heterocycles. The maximum Gasteiger partial charge on any atom is 2.00 e. The summed E-state index contributed by atoms with van der Waals surface area (Å²) in [6.45, 7) is 6.31. The van der Waals surface area contributed by atoms with Crippen LogP contribution in [-0.4, -0.2) is 35.8 Å². The van der Waals surface area contributed by atoms with Crippen molar-refractivity contribution in [1.29, 1.82) is 0 Å². The Hall–Kier alpha value is -0.781. The van der Waals surface area contributed by atoms with Gasteiger partial charge in [0, 0.05) is 0 Å². The van der Waals surface area contributed by atoms with Gasteiger partial charge in [-0.3, -0.25) is 0 Å². The van der Waals surface area contributed by atoms with E-state index in [9.17, 15) is 19.8 Å². The fraction of sp³-hybridized carbons (Fsp3) is 0.400. The van der Waals surface area contributed by atoms with Crippen LogP contribution in [0.5, 0.6) is 0 Å². The van der Waals surface area contributed by atoms with Gasteiger partial charge in [0.25, 0.3) is 0 Å². The molecule has 2 radical (unpaired) electrons. The predicted octanol–water partition coefficient (Wildman–Crippen LogP) is -0.976. The number of carbonyl (C=O) groups excluding carboxylic acids is 2. The Balaban J connectivity index is -0.000000180. The quantitative estimate of drug-likeness (QED) is 0.485. The van der Waals surface area contributed by atoms with Gasteiger partial charge in [-0.15, -0.1) is 0 Å². The van der Waals surface area contributed by atoms with E-state index >= 15 is 0 Å². The van der Waals surface area contributed by atoms with Crippen LogP contribution in [0.25, 0.3) is 0 Å². The largest absolute Gasteiger partial charge is 2.00 e. The number of hydrogen-bond acceptors (Lipinski definition) is 4. The summed E-state index contributed by atoms with van der Waals surface area (Å²) in [4.78, 5) is 19.5. The minimum absolute atomic E-state index is 0. The van der Waals surface area contributed by atoms with E-state index in [1.165, 1.54) is 26.0 Å². The molecule has 82 valence electrons. The molecule has 0 spiro atoms. The molecule has 0 N–H and O–H groups in total. The number of carbonyl (C=O) groups is 2.